The molecular weight excluding hydrogens is 632 g/mol. The van der Waals surface area contributed by atoms with E-state index in [9.17, 15) is 50.8 Å². The van der Waals surface area contributed by atoms with E-state index < -0.39 is 110 Å². The molecule has 5 aliphatic rings. The molecule has 47 heavy (non-hydrogen) atoms. The van der Waals surface area contributed by atoms with Gasteiger partial charge in [0.05, 0.1) is 31.0 Å². The molecule has 1 aromatic rings. The van der Waals surface area contributed by atoms with Crippen LogP contribution in [-0.4, -0.2) is 151 Å². The SMILES string of the molecule is C[C@@H]1O[C@@H](O[C@H]2[C@@H]3C=CO[C@@H](O[C@@H]4O[C@H](CO)[C@@H](O)[C@H](O)[C@H]4O)[C@@H]3[C@@]3(COC(=O)/C=C/c4ccc(O)c(O)c4)O[C@@H]23)[C@H](O)[C@H](O)[C@H]1O. The van der Waals surface area contributed by atoms with Gasteiger partial charge in [0.2, 0.25) is 6.29 Å². The summed E-state index contributed by atoms with van der Waals surface area (Å²) in [5.74, 6) is -2.96. The summed E-state index contributed by atoms with van der Waals surface area (Å²) in [6, 6.07) is 3.96. The van der Waals surface area contributed by atoms with Crippen molar-refractivity contribution in [3.05, 3.63) is 42.2 Å². The highest BCUT2D eigenvalue weighted by Crippen LogP contribution is 2.61. The normalized spacial score (nSPS) is 45.7. The number of ether oxygens (including phenoxy) is 7. The van der Waals surface area contributed by atoms with E-state index in [0.717, 1.165) is 6.08 Å². The van der Waals surface area contributed by atoms with E-state index in [4.69, 9.17) is 33.2 Å². The lowest BCUT2D eigenvalue weighted by Gasteiger charge is -2.44. The monoisotopic (exact) mass is 670 g/mol. The lowest BCUT2D eigenvalue weighted by Crippen LogP contribution is -2.60. The number of aliphatic hydroxyl groups is 7. The van der Waals surface area contributed by atoms with Crippen LogP contribution in [0.4, 0.5) is 0 Å². The first-order valence-electron chi connectivity index (χ1n) is 15.0. The minimum atomic E-state index is -1.75. The molecule has 4 aliphatic heterocycles. The van der Waals surface area contributed by atoms with Crippen LogP contribution in [0.1, 0.15) is 12.5 Å². The van der Waals surface area contributed by atoms with E-state index in [1.54, 1.807) is 6.08 Å². The standard InChI is InChI=1S/C30H38O17/c1-11-19(35)21(37)23(39)28(43-11)45-25-13-6-7-41-27(46-29-24(40)22(38)20(36)16(9-31)44-29)18(13)30(26(25)47-30)10-42-17(34)5-3-12-2-4-14(32)15(33)8-12/h2-8,11,13,16,18-29,31-33,35-40H,9-10H2,1H3/b5-3+/t11-,13+,16+,18+,19-,20+,21+,22-,23+,24+,25-,26-,27-,28-,29-,30+/m0/s1. The number of aromatic hydroxyl groups is 2. The van der Waals surface area contributed by atoms with Crippen molar-refractivity contribution in [1.29, 1.82) is 0 Å². The van der Waals surface area contributed by atoms with Crippen molar-refractivity contribution in [2.45, 2.75) is 92.4 Å². The van der Waals surface area contributed by atoms with E-state index in [0.29, 0.717) is 5.56 Å². The number of aliphatic hydroxyl groups excluding tert-OH is 7. The van der Waals surface area contributed by atoms with E-state index in [1.165, 1.54) is 37.5 Å². The average molecular weight is 671 g/mol. The number of carbonyl (C=O) groups is 1. The van der Waals surface area contributed by atoms with Gasteiger partial charge in [-0.2, -0.15) is 0 Å². The van der Waals surface area contributed by atoms with Crippen molar-refractivity contribution in [3.8, 4) is 11.5 Å². The molecule has 0 aromatic heterocycles. The smallest absolute Gasteiger partial charge is 0.330 e. The van der Waals surface area contributed by atoms with Crippen LogP contribution in [-0.2, 0) is 38.0 Å². The lowest BCUT2D eigenvalue weighted by molar-refractivity contribution is -0.347. The number of esters is 1. The maximum absolute atomic E-state index is 12.8. The third-order valence-corrected chi connectivity index (χ3v) is 9.30. The fraction of sp³-hybridized carbons (Fsp3) is 0.633. The Morgan fingerprint density at radius 1 is 0.894 bits per heavy atom. The van der Waals surface area contributed by atoms with Crippen LogP contribution >= 0.6 is 0 Å². The summed E-state index contributed by atoms with van der Waals surface area (Å²) in [5.41, 5.74) is -0.917. The van der Waals surface area contributed by atoms with Gasteiger partial charge in [-0.25, -0.2) is 4.79 Å². The van der Waals surface area contributed by atoms with Crippen molar-refractivity contribution in [3.63, 3.8) is 0 Å². The molecular formula is C30H38O17. The zero-order valence-corrected chi connectivity index (χ0v) is 24.9. The first-order valence-corrected chi connectivity index (χ1v) is 15.0. The van der Waals surface area contributed by atoms with E-state index >= 15 is 0 Å². The van der Waals surface area contributed by atoms with Crippen LogP contribution in [0.2, 0.25) is 0 Å². The molecule has 6 rings (SSSR count). The van der Waals surface area contributed by atoms with Gasteiger partial charge < -0.3 is 79.1 Å². The minimum Gasteiger partial charge on any atom is -0.504 e. The molecule has 17 heteroatoms. The number of fused-ring (bicyclic) bond motifs is 3. The number of phenolic OH excluding ortho intramolecular Hbond substituents is 2. The lowest BCUT2D eigenvalue weighted by atomic mass is 9.85. The fourth-order valence-electron chi connectivity index (χ4n) is 6.61. The van der Waals surface area contributed by atoms with Gasteiger partial charge in [0, 0.05) is 12.0 Å². The van der Waals surface area contributed by atoms with Gasteiger partial charge in [0.1, 0.15) is 61.0 Å². The molecule has 4 fully saturated rings. The highest BCUT2D eigenvalue weighted by Gasteiger charge is 2.77. The summed E-state index contributed by atoms with van der Waals surface area (Å²) in [6.07, 6.45) is -12.4. The van der Waals surface area contributed by atoms with E-state index in [-0.39, 0.29) is 18.1 Å². The second-order valence-corrected chi connectivity index (χ2v) is 12.2. The maximum atomic E-state index is 12.8. The quantitative estimate of drug-likeness (QED) is 0.0546. The molecule has 0 unspecified atom stereocenters. The Morgan fingerprint density at radius 3 is 2.30 bits per heavy atom. The number of epoxide rings is 1. The van der Waals surface area contributed by atoms with Crippen molar-refractivity contribution in [2.24, 2.45) is 11.8 Å². The fourth-order valence-corrected chi connectivity index (χ4v) is 6.61. The van der Waals surface area contributed by atoms with Crippen LogP contribution in [0.5, 0.6) is 11.5 Å². The van der Waals surface area contributed by atoms with E-state index in [2.05, 4.69) is 0 Å². The number of carbonyl (C=O) groups excluding carboxylic acids is 1. The topological polar surface area (TPSA) is 267 Å². The maximum Gasteiger partial charge on any atom is 0.330 e. The van der Waals surface area contributed by atoms with Gasteiger partial charge in [-0.1, -0.05) is 6.07 Å². The largest absolute Gasteiger partial charge is 0.504 e. The Morgan fingerprint density at radius 2 is 1.60 bits per heavy atom. The summed E-state index contributed by atoms with van der Waals surface area (Å²) in [5, 5.41) is 90.9. The highest BCUT2D eigenvalue weighted by molar-refractivity contribution is 5.87. The van der Waals surface area contributed by atoms with Crippen molar-refractivity contribution >= 4 is 12.0 Å². The Labute approximate surface area is 267 Å². The Bertz CT molecular complexity index is 1350. The van der Waals surface area contributed by atoms with Gasteiger partial charge in [0.25, 0.3) is 0 Å². The Balaban J connectivity index is 1.22. The van der Waals surface area contributed by atoms with Crippen LogP contribution in [0.3, 0.4) is 0 Å². The highest BCUT2D eigenvalue weighted by atomic mass is 16.8. The molecule has 1 aliphatic carbocycles. The number of benzene rings is 1. The first-order chi connectivity index (χ1) is 22.4. The Hall–Kier alpha value is -2.91. The molecule has 0 radical (unpaired) electrons. The van der Waals surface area contributed by atoms with Gasteiger partial charge in [0.15, 0.2) is 24.1 Å². The zero-order valence-electron chi connectivity index (χ0n) is 24.9. The second kappa shape index (κ2) is 13.2. The van der Waals surface area contributed by atoms with Gasteiger partial charge >= 0.3 is 5.97 Å². The molecule has 0 amide bonds. The molecule has 16 atom stereocenters. The van der Waals surface area contributed by atoms with E-state index in [1.807, 2.05) is 0 Å². The first kappa shape index (κ1) is 34.0. The second-order valence-electron chi connectivity index (χ2n) is 12.2. The van der Waals surface area contributed by atoms with Crippen molar-refractivity contribution in [2.75, 3.05) is 13.2 Å². The van der Waals surface area contributed by atoms with Gasteiger partial charge in [-0.3, -0.25) is 0 Å². The minimum absolute atomic E-state index is 0.330. The summed E-state index contributed by atoms with van der Waals surface area (Å²) < 4.78 is 40.6. The number of phenols is 2. The molecule has 0 bridgehead atoms. The van der Waals surface area contributed by atoms with Gasteiger partial charge in [-0.05, 0) is 36.8 Å². The third-order valence-electron chi connectivity index (χ3n) is 9.30. The van der Waals surface area contributed by atoms with Crippen LogP contribution in [0.15, 0.2) is 36.6 Å². The zero-order chi connectivity index (χ0) is 33.8. The molecule has 3 saturated heterocycles. The predicted molar refractivity (Wildman–Crippen MR) is 150 cm³/mol. The van der Waals surface area contributed by atoms with Crippen LogP contribution in [0.25, 0.3) is 6.08 Å². The molecule has 9 N–H and O–H groups in total. The summed E-state index contributed by atoms with van der Waals surface area (Å²) in [7, 11) is 0. The third kappa shape index (κ3) is 6.23. The van der Waals surface area contributed by atoms with Crippen molar-refractivity contribution < 1.29 is 83.9 Å². The molecule has 0 spiro atoms. The molecule has 17 nitrogen and oxygen atoms in total. The Kier molecular flexibility index (Phi) is 9.53. The van der Waals surface area contributed by atoms with Crippen LogP contribution < -0.4 is 0 Å². The summed E-state index contributed by atoms with van der Waals surface area (Å²) in [4.78, 5) is 12.8. The summed E-state index contributed by atoms with van der Waals surface area (Å²) >= 11 is 0. The molecule has 1 saturated carbocycles. The van der Waals surface area contributed by atoms with Gasteiger partial charge in [-0.15, -0.1) is 0 Å². The molecule has 4 heterocycles. The number of hydrogen-bond acceptors (Lipinski definition) is 17. The van der Waals surface area contributed by atoms with Crippen LogP contribution in [0, 0.1) is 11.8 Å². The van der Waals surface area contributed by atoms with Crippen molar-refractivity contribution in [1.82, 2.24) is 0 Å². The number of rotatable bonds is 9. The molecule has 1 aromatic carbocycles. The molecule has 260 valence electrons. The predicted octanol–water partition coefficient (Wildman–Crippen LogP) is -3.06. The summed E-state index contributed by atoms with van der Waals surface area (Å²) in [6.45, 7) is 0.445. The number of hydrogen-bond donors (Lipinski definition) is 9. The average Bonchev–Trinajstić information content (AvgIpc) is 3.72.